The average Bonchev–Trinajstić information content (AvgIpc) is 2.47. The topological polar surface area (TPSA) is 51.5 Å². The van der Waals surface area contributed by atoms with Crippen molar-refractivity contribution < 1.29 is 4.42 Å². The van der Waals surface area contributed by atoms with E-state index in [1.165, 1.54) is 0 Å². The lowest BCUT2D eigenvalue weighted by Gasteiger charge is -2.02. The molecule has 0 bridgehead atoms. The van der Waals surface area contributed by atoms with Crippen LogP contribution in [0.5, 0.6) is 0 Å². The minimum atomic E-state index is 0.301. The van der Waals surface area contributed by atoms with E-state index in [1.807, 2.05) is 26.8 Å². The van der Waals surface area contributed by atoms with Gasteiger partial charge >= 0.3 is 0 Å². The number of amidine groups is 1. The minimum Gasteiger partial charge on any atom is -0.467 e. The van der Waals surface area contributed by atoms with Gasteiger partial charge in [0.05, 0.1) is 18.6 Å². The SMILES string of the molecule is Cc1ccoc1CN=C(N)C(C)C. The molecule has 2 N–H and O–H groups in total. The normalized spacial score (nSPS) is 12.5. The zero-order valence-corrected chi connectivity index (χ0v) is 8.37. The molecule has 0 spiro atoms. The number of nitrogens with two attached hydrogens (primary N) is 1. The average molecular weight is 180 g/mol. The van der Waals surface area contributed by atoms with Crippen LogP contribution in [0.3, 0.4) is 0 Å². The molecule has 0 aliphatic heterocycles. The van der Waals surface area contributed by atoms with Crippen molar-refractivity contribution in [3.8, 4) is 0 Å². The second-order valence-electron chi connectivity index (χ2n) is 3.42. The number of nitrogens with zero attached hydrogens (tertiary/aromatic N) is 1. The number of hydrogen-bond donors (Lipinski definition) is 1. The van der Waals surface area contributed by atoms with Crippen LogP contribution in [0.4, 0.5) is 0 Å². The van der Waals surface area contributed by atoms with Crippen LogP contribution in [0.15, 0.2) is 21.7 Å². The molecule has 1 rings (SSSR count). The van der Waals surface area contributed by atoms with Gasteiger partial charge in [0.2, 0.25) is 0 Å². The summed E-state index contributed by atoms with van der Waals surface area (Å²) in [5.74, 6) is 1.87. The highest BCUT2D eigenvalue weighted by molar-refractivity contribution is 5.82. The third-order valence-electron chi connectivity index (χ3n) is 1.96. The van der Waals surface area contributed by atoms with Gasteiger partial charge in [0.25, 0.3) is 0 Å². The molecular weight excluding hydrogens is 164 g/mol. The van der Waals surface area contributed by atoms with Crippen molar-refractivity contribution in [1.29, 1.82) is 0 Å². The highest BCUT2D eigenvalue weighted by Crippen LogP contribution is 2.10. The Labute approximate surface area is 78.7 Å². The van der Waals surface area contributed by atoms with Crippen molar-refractivity contribution in [2.45, 2.75) is 27.3 Å². The standard InChI is InChI=1S/C10H16N2O/c1-7(2)10(11)12-6-9-8(3)4-5-13-9/h4-5,7H,6H2,1-3H3,(H2,11,12). The maximum Gasteiger partial charge on any atom is 0.128 e. The quantitative estimate of drug-likeness (QED) is 0.572. The molecule has 0 saturated carbocycles. The molecule has 0 saturated heterocycles. The van der Waals surface area contributed by atoms with Gasteiger partial charge in [-0.3, -0.25) is 4.99 Å². The molecule has 0 aromatic carbocycles. The fourth-order valence-electron chi connectivity index (χ4n) is 0.912. The van der Waals surface area contributed by atoms with E-state index in [0.29, 0.717) is 18.3 Å². The summed E-state index contributed by atoms with van der Waals surface area (Å²) in [5.41, 5.74) is 6.82. The van der Waals surface area contributed by atoms with Crippen molar-refractivity contribution in [3.05, 3.63) is 23.7 Å². The zero-order chi connectivity index (χ0) is 9.84. The summed E-state index contributed by atoms with van der Waals surface area (Å²) in [7, 11) is 0. The summed E-state index contributed by atoms with van der Waals surface area (Å²) in [6, 6.07) is 1.93. The van der Waals surface area contributed by atoms with Crippen LogP contribution in [0.2, 0.25) is 0 Å². The first-order valence-corrected chi connectivity index (χ1v) is 4.44. The second kappa shape index (κ2) is 4.12. The molecule has 13 heavy (non-hydrogen) atoms. The molecule has 0 aliphatic carbocycles. The summed E-state index contributed by atoms with van der Waals surface area (Å²) in [5, 5.41) is 0. The Morgan fingerprint density at radius 2 is 2.31 bits per heavy atom. The molecule has 3 heteroatoms. The molecule has 0 amide bonds. The molecule has 72 valence electrons. The Balaban J connectivity index is 2.61. The first-order valence-electron chi connectivity index (χ1n) is 4.44. The summed E-state index contributed by atoms with van der Waals surface area (Å²) < 4.78 is 5.23. The molecule has 0 fully saturated rings. The fourth-order valence-corrected chi connectivity index (χ4v) is 0.912. The van der Waals surface area contributed by atoms with Crippen molar-refractivity contribution in [1.82, 2.24) is 0 Å². The Morgan fingerprint density at radius 3 is 2.77 bits per heavy atom. The lowest BCUT2D eigenvalue weighted by atomic mass is 10.2. The molecule has 1 aromatic rings. The van der Waals surface area contributed by atoms with Gasteiger partial charge in [-0.05, 0) is 18.6 Å². The van der Waals surface area contributed by atoms with Crippen molar-refractivity contribution in [3.63, 3.8) is 0 Å². The predicted octanol–water partition coefficient (Wildman–Crippen LogP) is 2.10. The first-order chi connectivity index (χ1) is 6.11. The van der Waals surface area contributed by atoms with E-state index in [2.05, 4.69) is 4.99 Å². The number of aliphatic imine (C=N–C) groups is 1. The van der Waals surface area contributed by atoms with Crippen molar-refractivity contribution >= 4 is 5.84 Å². The summed E-state index contributed by atoms with van der Waals surface area (Å²) in [6.07, 6.45) is 1.67. The van der Waals surface area contributed by atoms with Crippen LogP contribution in [0.1, 0.15) is 25.2 Å². The molecule has 0 radical (unpaired) electrons. The third-order valence-corrected chi connectivity index (χ3v) is 1.96. The van der Waals surface area contributed by atoms with Gasteiger partial charge in [-0.25, -0.2) is 0 Å². The van der Waals surface area contributed by atoms with E-state index in [0.717, 1.165) is 11.3 Å². The molecule has 3 nitrogen and oxygen atoms in total. The number of hydrogen-bond acceptors (Lipinski definition) is 2. The van der Waals surface area contributed by atoms with Crippen LogP contribution in [0.25, 0.3) is 0 Å². The Morgan fingerprint density at radius 1 is 1.62 bits per heavy atom. The number of furan rings is 1. The largest absolute Gasteiger partial charge is 0.467 e. The smallest absolute Gasteiger partial charge is 0.128 e. The van der Waals surface area contributed by atoms with E-state index >= 15 is 0 Å². The zero-order valence-electron chi connectivity index (χ0n) is 8.37. The van der Waals surface area contributed by atoms with Crippen LogP contribution < -0.4 is 5.73 Å². The van der Waals surface area contributed by atoms with Gasteiger partial charge in [0, 0.05) is 5.92 Å². The van der Waals surface area contributed by atoms with Gasteiger partial charge < -0.3 is 10.2 Å². The fraction of sp³-hybridized carbons (Fsp3) is 0.500. The van der Waals surface area contributed by atoms with Crippen LogP contribution in [-0.4, -0.2) is 5.84 Å². The van der Waals surface area contributed by atoms with E-state index in [9.17, 15) is 0 Å². The summed E-state index contributed by atoms with van der Waals surface area (Å²) >= 11 is 0. The Bertz CT molecular complexity index is 300. The van der Waals surface area contributed by atoms with Crippen molar-refractivity contribution in [2.24, 2.45) is 16.6 Å². The molecule has 1 aromatic heterocycles. The molecule has 0 atom stereocenters. The van der Waals surface area contributed by atoms with Gasteiger partial charge in [0.15, 0.2) is 0 Å². The lowest BCUT2D eigenvalue weighted by molar-refractivity contribution is 0.509. The van der Waals surface area contributed by atoms with Crippen LogP contribution in [0, 0.1) is 12.8 Å². The third kappa shape index (κ3) is 2.61. The van der Waals surface area contributed by atoms with Crippen LogP contribution in [-0.2, 0) is 6.54 Å². The van der Waals surface area contributed by atoms with Gasteiger partial charge in [-0.15, -0.1) is 0 Å². The van der Waals surface area contributed by atoms with E-state index in [1.54, 1.807) is 6.26 Å². The van der Waals surface area contributed by atoms with Crippen LogP contribution >= 0.6 is 0 Å². The number of aryl methyl sites for hydroxylation is 1. The summed E-state index contributed by atoms with van der Waals surface area (Å²) in [4.78, 5) is 4.23. The monoisotopic (exact) mass is 180 g/mol. The maximum absolute atomic E-state index is 5.69. The lowest BCUT2D eigenvalue weighted by Crippen LogP contribution is -2.18. The van der Waals surface area contributed by atoms with Gasteiger partial charge in [0.1, 0.15) is 5.76 Å². The molecule has 0 unspecified atom stereocenters. The van der Waals surface area contributed by atoms with E-state index in [-0.39, 0.29) is 0 Å². The van der Waals surface area contributed by atoms with Gasteiger partial charge in [-0.2, -0.15) is 0 Å². The minimum absolute atomic E-state index is 0.301. The van der Waals surface area contributed by atoms with E-state index < -0.39 is 0 Å². The van der Waals surface area contributed by atoms with Gasteiger partial charge in [-0.1, -0.05) is 13.8 Å². The molecular formula is C10H16N2O. The number of rotatable bonds is 3. The highest BCUT2D eigenvalue weighted by atomic mass is 16.3. The van der Waals surface area contributed by atoms with Crippen molar-refractivity contribution in [2.75, 3.05) is 0 Å². The Hall–Kier alpha value is -1.25. The maximum atomic E-state index is 5.69. The second-order valence-corrected chi connectivity index (χ2v) is 3.42. The highest BCUT2D eigenvalue weighted by Gasteiger charge is 2.02. The van der Waals surface area contributed by atoms with E-state index in [4.69, 9.17) is 10.2 Å². The predicted molar refractivity (Wildman–Crippen MR) is 53.6 cm³/mol. The first kappa shape index (κ1) is 9.84. The molecule has 0 aliphatic rings. The molecule has 1 heterocycles. The Kier molecular flexibility index (Phi) is 3.12. The summed E-state index contributed by atoms with van der Waals surface area (Å²) in [6.45, 7) is 6.59.